The number of hydrogen-bond acceptors (Lipinski definition) is 6. The van der Waals surface area contributed by atoms with Crippen LogP contribution in [0.4, 0.5) is 0 Å². The van der Waals surface area contributed by atoms with E-state index in [4.69, 9.17) is 14.5 Å². The quantitative estimate of drug-likeness (QED) is 0.261. The van der Waals surface area contributed by atoms with Crippen LogP contribution < -0.4 is 5.32 Å². The number of methoxy groups -OCH3 is 1. The van der Waals surface area contributed by atoms with Crippen LogP contribution >= 0.6 is 35.3 Å². The summed E-state index contributed by atoms with van der Waals surface area (Å²) < 4.78 is 10.5. The van der Waals surface area contributed by atoms with Crippen LogP contribution in [0.1, 0.15) is 24.8 Å². The Kier molecular flexibility index (Phi) is 10.1. The second-order valence-corrected chi connectivity index (χ2v) is 8.37. The molecule has 3 rings (SSSR count). The molecule has 0 amide bonds. The number of nitrogens with one attached hydrogen (secondary N) is 1. The van der Waals surface area contributed by atoms with Crippen LogP contribution in [0.15, 0.2) is 22.5 Å². The molecule has 0 aliphatic carbocycles. The molecule has 2 saturated heterocycles. The first-order valence-electron chi connectivity index (χ1n) is 10.1. The molecule has 1 N–H and O–H groups in total. The fourth-order valence-corrected chi connectivity index (χ4v) is 4.80. The van der Waals surface area contributed by atoms with E-state index in [2.05, 4.69) is 46.5 Å². The molecule has 9 heteroatoms. The Hall–Kier alpha value is -0.910. The van der Waals surface area contributed by atoms with Crippen molar-refractivity contribution in [2.75, 3.05) is 59.6 Å². The zero-order valence-corrected chi connectivity index (χ0v) is 20.7. The molecule has 2 aliphatic heterocycles. The van der Waals surface area contributed by atoms with Crippen molar-refractivity contribution in [1.29, 1.82) is 0 Å². The number of esters is 1. The van der Waals surface area contributed by atoms with Gasteiger partial charge in [0.1, 0.15) is 0 Å². The van der Waals surface area contributed by atoms with Crippen molar-refractivity contribution in [2.24, 2.45) is 16.8 Å². The SMILES string of the molecule is CCNC(=NCC(c1cccs1)N1CCOCC1)N1CC(C)C(C(=O)OC)C1.I. The Labute approximate surface area is 194 Å². The molecule has 0 saturated carbocycles. The van der Waals surface area contributed by atoms with Crippen molar-refractivity contribution in [3.63, 3.8) is 0 Å². The standard InChI is InChI=1S/C20H32N4O3S.HI/c1-4-21-20(24-13-15(2)16(14-24)19(25)26-3)22-12-17(18-6-5-11-28-18)23-7-9-27-10-8-23;/h5-6,11,15-17H,4,7-10,12-14H2,1-3H3,(H,21,22);1H. The zero-order chi connectivity index (χ0) is 19.9. The van der Waals surface area contributed by atoms with Gasteiger partial charge in [-0.25, -0.2) is 0 Å². The largest absolute Gasteiger partial charge is 0.469 e. The summed E-state index contributed by atoms with van der Waals surface area (Å²) in [5, 5.41) is 5.54. The van der Waals surface area contributed by atoms with Gasteiger partial charge < -0.3 is 19.7 Å². The van der Waals surface area contributed by atoms with Gasteiger partial charge in [-0.05, 0) is 24.3 Å². The van der Waals surface area contributed by atoms with E-state index in [1.54, 1.807) is 11.3 Å². The lowest BCUT2D eigenvalue weighted by Crippen LogP contribution is -2.43. The molecule has 0 aromatic carbocycles. The summed E-state index contributed by atoms with van der Waals surface area (Å²) >= 11 is 1.78. The third-order valence-electron chi connectivity index (χ3n) is 5.52. The number of carbonyl (C=O) groups excluding carboxylic acids is 1. The number of morpholine rings is 1. The van der Waals surface area contributed by atoms with Gasteiger partial charge in [-0.1, -0.05) is 13.0 Å². The number of likely N-dealkylation sites (tertiary alicyclic amines) is 1. The molecule has 164 valence electrons. The molecule has 1 aromatic rings. The van der Waals surface area contributed by atoms with Crippen molar-refractivity contribution < 1.29 is 14.3 Å². The third kappa shape index (κ3) is 6.28. The van der Waals surface area contributed by atoms with Gasteiger partial charge in [0.25, 0.3) is 0 Å². The van der Waals surface area contributed by atoms with Gasteiger partial charge in [0.15, 0.2) is 5.96 Å². The predicted octanol–water partition coefficient (Wildman–Crippen LogP) is 2.45. The Bertz CT molecular complexity index is 652. The van der Waals surface area contributed by atoms with Crippen molar-refractivity contribution in [1.82, 2.24) is 15.1 Å². The molecule has 3 unspecified atom stereocenters. The van der Waals surface area contributed by atoms with Gasteiger partial charge in [-0.15, -0.1) is 35.3 Å². The summed E-state index contributed by atoms with van der Waals surface area (Å²) in [5.74, 6) is 0.913. The minimum absolute atomic E-state index is 0. The molecule has 0 bridgehead atoms. The minimum atomic E-state index is -0.129. The first-order valence-corrected chi connectivity index (χ1v) is 11.0. The van der Waals surface area contributed by atoms with Crippen LogP contribution in [-0.2, 0) is 14.3 Å². The lowest BCUT2D eigenvalue weighted by Gasteiger charge is -2.33. The van der Waals surface area contributed by atoms with Crippen LogP contribution in [0.25, 0.3) is 0 Å². The number of hydrogen-bond donors (Lipinski definition) is 1. The van der Waals surface area contributed by atoms with Gasteiger partial charge in [0.2, 0.25) is 0 Å². The van der Waals surface area contributed by atoms with Crippen molar-refractivity contribution in [2.45, 2.75) is 19.9 Å². The number of nitrogens with zero attached hydrogens (tertiary/aromatic N) is 3. The maximum absolute atomic E-state index is 12.1. The minimum Gasteiger partial charge on any atom is -0.469 e. The highest BCUT2D eigenvalue weighted by molar-refractivity contribution is 14.0. The van der Waals surface area contributed by atoms with E-state index in [1.165, 1.54) is 12.0 Å². The third-order valence-corrected chi connectivity index (χ3v) is 6.50. The summed E-state index contributed by atoms with van der Waals surface area (Å²) in [6, 6.07) is 4.55. The Morgan fingerprint density at radius 3 is 2.79 bits per heavy atom. The average molecular weight is 536 g/mol. The molecule has 3 heterocycles. The lowest BCUT2D eigenvalue weighted by molar-refractivity contribution is -0.145. The smallest absolute Gasteiger partial charge is 0.310 e. The molecule has 29 heavy (non-hydrogen) atoms. The highest BCUT2D eigenvalue weighted by Crippen LogP contribution is 2.27. The molecule has 2 fully saturated rings. The molecule has 0 radical (unpaired) electrons. The lowest BCUT2D eigenvalue weighted by atomic mass is 9.99. The van der Waals surface area contributed by atoms with E-state index in [1.807, 2.05) is 0 Å². The summed E-state index contributed by atoms with van der Waals surface area (Å²) in [7, 11) is 1.46. The number of ether oxygens (including phenoxy) is 2. The number of halogens is 1. The molecule has 1 aromatic heterocycles. The fourth-order valence-electron chi connectivity index (χ4n) is 3.95. The van der Waals surface area contributed by atoms with Gasteiger partial charge in [-0.2, -0.15) is 0 Å². The predicted molar refractivity (Wildman–Crippen MR) is 127 cm³/mol. The van der Waals surface area contributed by atoms with Gasteiger partial charge >= 0.3 is 5.97 Å². The topological polar surface area (TPSA) is 66.4 Å². The molecule has 0 spiro atoms. The molecular formula is C20H33IN4O3S. The van der Waals surface area contributed by atoms with E-state index in [-0.39, 0.29) is 47.8 Å². The van der Waals surface area contributed by atoms with E-state index in [9.17, 15) is 4.79 Å². The van der Waals surface area contributed by atoms with Gasteiger partial charge in [0, 0.05) is 37.6 Å². The fraction of sp³-hybridized carbons (Fsp3) is 0.700. The average Bonchev–Trinajstić information content (AvgIpc) is 3.37. The van der Waals surface area contributed by atoms with E-state index in [0.717, 1.165) is 45.4 Å². The molecule has 7 nitrogen and oxygen atoms in total. The highest BCUT2D eigenvalue weighted by Gasteiger charge is 2.37. The van der Waals surface area contributed by atoms with Crippen LogP contribution in [-0.4, -0.2) is 81.3 Å². The van der Waals surface area contributed by atoms with Gasteiger partial charge in [-0.3, -0.25) is 14.7 Å². The van der Waals surface area contributed by atoms with Gasteiger partial charge in [0.05, 0.1) is 38.8 Å². The Morgan fingerprint density at radius 2 is 2.17 bits per heavy atom. The molecule has 3 atom stereocenters. The number of rotatable bonds is 6. The summed E-state index contributed by atoms with van der Waals surface area (Å²) in [5.41, 5.74) is 0. The molecule has 2 aliphatic rings. The van der Waals surface area contributed by atoms with Crippen LogP contribution in [0, 0.1) is 11.8 Å². The second kappa shape index (κ2) is 12.1. The Balaban J connectivity index is 0.00000300. The number of guanidine groups is 1. The maximum atomic E-state index is 12.1. The number of aliphatic imine (C=N–C) groups is 1. The van der Waals surface area contributed by atoms with Crippen LogP contribution in [0.3, 0.4) is 0 Å². The summed E-state index contributed by atoms with van der Waals surface area (Å²) in [6.07, 6.45) is 0. The monoisotopic (exact) mass is 536 g/mol. The van der Waals surface area contributed by atoms with Crippen molar-refractivity contribution >= 4 is 47.2 Å². The van der Waals surface area contributed by atoms with Crippen molar-refractivity contribution in [3.8, 4) is 0 Å². The maximum Gasteiger partial charge on any atom is 0.310 e. The summed E-state index contributed by atoms with van der Waals surface area (Å²) in [4.78, 5) is 23.0. The molecular weight excluding hydrogens is 503 g/mol. The Morgan fingerprint density at radius 1 is 1.41 bits per heavy atom. The first-order chi connectivity index (χ1) is 13.6. The van der Waals surface area contributed by atoms with E-state index in [0.29, 0.717) is 13.1 Å². The second-order valence-electron chi connectivity index (χ2n) is 7.39. The number of thiophene rings is 1. The summed E-state index contributed by atoms with van der Waals surface area (Å²) in [6.45, 7) is 10.5. The van der Waals surface area contributed by atoms with Crippen LogP contribution in [0.2, 0.25) is 0 Å². The first kappa shape index (κ1) is 24.4. The number of carbonyl (C=O) groups is 1. The zero-order valence-electron chi connectivity index (χ0n) is 17.5. The van der Waals surface area contributed by atoms with E-state index >= 15 is 0 Å². The normalized spacial score (nSPS) is 24.1. The van der Waals surface area contributed by atoms with Crippen molar-refractivity contribution in [3.05, 3.63) is 22.4 Å². The van der Waals surface area contributed by atoms with E-state index < -0.39 is 0 Å². The van der Waals surface area contributed by atoms with Crippen LogP contribution in [0.5, 0.6) is 0 Å². The highest BCUT2D eigenvalue weighted by atomic mass is 127.